The predicted molar refractivity (Wildman–Crippen MR) is 183 cm³/mol. The zero-order valence-electron chi connectivity index (χ0n) is 29.9. The second-order valence-electron chi connectivity index (χ2n) is 10.7. The van der Waals surface area contributed by atoms with E-state index in [1.807, 2.05) is 84.9 Å². The fourth-order valence-corrected chi connectivity index (χ4v) is 6.48. The highest BCUT2D eigenvalue weighted by Gasteiger charge is 2.22. The monoisotopic (exact) mass is 553 g/mol. The summed E-state index contributed by atoms with van der Waals surface area (Å²) in [5.41, 5.74) is 6.14. The van der Waals surface area contributed by atoms with Crippen LogP contribution >= 0.6 is 0 Å². The maximum Gasteiger partial charge on any atom is 0.143 e. The van der Waals surface area contributed by atoms with E-state index in [1.165, 1.54) is 0 Å². The molecule has 1 aromatic heterocycles. The van der Waals surface area contributed by atoms with Crippen molar-refractivity contribution in [2.75, 3.05) is 0 Å². The Morgan fingerprint density at radius 1 is 0.419 bits per heavy atom. The number of para-hydroxylation sites is 1. The Balaban J connectivity index is 1.47. The molecule has 200 valence electrons. The molecule has 0 N–H and O–H groups in total. The van der Waals surface area contributed by atoms with Gasteiger partial charge in [-0.3, -0.25) is 0 Å². The summed E-state index contributed by atoms with van der Waals surface area (Å²) in [6.45, 7) is 0. The van der Waals surface area contributed by atoms with Crippen LogP contribution in [0.5, 0.6) is 0 Å². The van der Waals surface area contributed by atoms with Crippen LogP contribution in [0.1, 0.15) is 9.60 Å². The number of fused-ring (bicyclic) bond motifs is 6. The van der Waals surface area contributed by atoms with Gasteiger partial charge in [0.05, 0.1) is 9.60 Å². The molecular weight excluding hydrogens is 520 g/mol. The highest BCUT2D eigenvalue weighted by molar-refractivity contribution is 6.24. The van der Waals surface area contributed by atoms with Crippen molar-refractivity contribution in [1.82, 2.24) is 0 Å². The lowest BCUT2D eigenvalue weighted by Gasteiger charge is -2.20. The van der Waals surface area contributed by atoms with Crippen molar-refractivity contribution in [3.63, 3.8) is 0 Å². The summed E-state index contributed by atoms with van der Waals surface area (Å²) >= 11 is 0. The molecule has 0 saturated carbocycles. The second kappa shape index (κ2) is 9.44. The lowest BCUT2D eigenvalue weighted by atomic mass is 9.83. The lowest BCUT2D eigenvalue weighted by molar-refractivity contribution is 0.670. The second-order valence-corrected chi connectivity index (χ2v) is 10.7. The molecule has 0 aliphatic carbocycles. The van der Waals surface area contributed by atoms with Gasteiger partial charge in [-0.2, -0.15) is 0 Å². The van der Waals surface area contributed by atoms with E-state index in [0.717, 1.165) is 65.7 Å². The maximum atomic E-state index is 9.41. The molecule has 0 saturated heterocycles. The molecular formula is C42H26O. The molecule has 0 amide bonds. The SMILES string of the molecule is [2H]c1c([2H])c([2H])c2c([2H])c(-c3c4ccccc4c(-c4ccc5c(oc6ccccc65)c4-c4ccccc4)c4ccccc34)c([2H])c([2H])c2c1[2H]. The van der Waals surface area contributed by atoms with Crippen molar-refractivity contribution >= 4 is 54.3 Å². The summed E-state index contributed by atoms with van der Waals surface area (Å²) in [5, 5.41) is 5.11. The molecule has 1 heteroatoms. The summed E-state index contributed by atoms with van der Waals surface area (Å²) in [7, 11) is 0. The van der Waals surface area contributed by atoms with Gasteiger partial charge in [-0.05, 0) is 78.3 Å². The molecule has 8 aromatic carbocycles. The van der Waals surface area contributed by atoms with Crippen LogP contribution in [0.25, 0.3) is 87.6 Å². The smallest absolute Gasteiger partial charge is 0.143 e. The number of rotatable bonds is 3. The van der Waals surface area contributed by atoms with E-state index in [2.05, 4.69) is 30.3 Å². The van der Waals surface area contributed by atoms with Gasteiger partial charge < -0.3 is 4.42 Å². The van der Waals surface area contributed by atoms with Crippen molar-refractivity contribution < 1.29 is 14.0 Å². The lowest BCUT2D eigenvalue weighted by Crippen LogP contribution is -1.93. The molecule has 1 heterocycles. The van der Waals surface area contributed by atoms with Crippen LogP contribution in [-0.4, -0.2) is 0 Å². The molecule has 1 nitrogen and oxygen atoms in total. The Hall–Kier alpha value is -5.66. The van der Waals surface area contributed by atoms with Crippen LogP contribution in [0.15, 0.2) is 162 Å². The number of benzene rings is 8. The van der Waals surface area contributed by atoms with Gasteiger partial charge in [-0.15, -0.1) is 0 Å². The number of furan rings is 1. The third kappa shape index (κ3) is 3.65. The molecule has 9 rings (SSSR count). The minimum absolute atomic E-state index is 0.0639. The van der Waals surface area contributed by atoms with E-state index in [9.17, 15) is 2.74 Å². The van der Waals surface area contributed by atoms with E-state index >= 15 is 0 Å². The molecule has 0 aliphatic rings. The van der Waals surface area contributed by atoms with Gasteiger partial charge in [0, 0.05) is 16.3 Å². The quantitative estimate of drug-likeness (QED) is 0.198. The van der Waals surface area contributed by atoms with Gasteiger partial charge in [-0.1, -0.05) is 139 Å². The summed E-state index contributed by atoms with van der Waals surface area (Å²) in [6.07, 6.45) is 0. The number of hydrogen-bond donors (Lipinski definition) is 0. The minimum Gasteiger partial charge on any atom is -0.455 e. The van der Waals surface area contributed by atoms with Crippen molar-refractivity contribution in [2.24, 2.45) is 0 Å². The largest absolute Gasteiger partial charge is 0.455 e. The normalized spacial score (nSPS) is 14.0. The summed E-state index contributed by atoms with van der Waals surface area (Å²) in [6, 6.07) is 35.6. The van der Waals surface area contributed by atoms with Gasteiger partial charge >= 0.3 is 0 Å². The maximum absolute atomic E-state index is 9.41. The molecule has 0 atom stereocenters. The van der Waals surface area contributed by atoms with Gasteiger partial charge in [0.25, 0.3) is 0 Å². The Labute approximate surface area is 259 Å². The molecule has 0 spiro atoms. The summed E-state index contributed by atoms with van der Waals surface area (Å²) in [4.78, 5) is 0. The van der Waals surface area contributed by atoms with Crippen molar-refractivity contribution in [2.45, 2.75) is 0 Å². The van der Waals surface area contributed by atoms with Gasteiger partial charge in [-0.25, -0.2) is 0 Å². The van der Waals surface area contributed by atoms with Crippen LogP contribution in [0.2, 0.25) is 0 Å². The van der Waals surface area contributed by atoms with Crippen LogP contribution in [0.4, 0.5) is 0 Å². The minimum atomic E-state index is -0.488. The standard InChI is InChI=1S/C42H26O/c1-2-13-28(14-3-1)40-37(25-24-36-31-16-10-11-21-38(31)43-42(36)40)41-34-19-8-6-17-32(34)39(33-18-7-9-20-35(33)41)30-23-22-27-12-4-5-15-29(27)26-30/h1-26H/i4D,5D,12D,15D,22D,23D,26D. The molecule has 0 unspecified atom stereocenters. The van der Waals surface area contributed by atoms with Crippen LogP contribution < -0.4 is 0 Å². The van der Waals surface area contributed by atoms with Crippen LogP contribution in [0, 0.1) is 0 Å². The Morgan fingerprint density at radius 2 is 1.02 bits per heavy atom. The van der Waals surface area contributed by atoms with Gasteiger partial charge in [0.1, 0.15) is 11.2 Å². The first-order valence-corrected chi connectivity index (χ1v) is 14.2. The molecule has 0 fully saturated rings. The zero-order chi connectivity index (χ0) is 34.4. The first-order chi connectivity index (χ1) is 24.3. The van der Waals surface area contributed by atoms with E-state index in [-0.39, 0.29) is 34.5 Å². The Morgan fingerprint density at radius 3 is 1.74 bits per heavy atom. The average molecular weight is 554 g/mol. The first-order valence-electron chi connectivity index (χ1n) is 17.7. The van der Waals surface area contributed by atoms with Gasteiger partial charge in [0.15, 0.2) is 0 Å². The highest BCUT2D eigenvalue weighted by Crippen LogP contribution is 2.49. The topological polar surface area (TPSA) is 13.1 Å². The average Bonchev–Trinajstić information content (AvgIpc) is 3.53. The third-order valence-electron chi connectivity index (χ3n) is 8.31. The Bertz CT molecular complexity index is 2840. The Kier molecular flexibility index (Phi) is 3.95. The zero-order valence-corrected chi connectivity index (χ0v) is 22.9. The summed E-state index contributed by atoms with van der Waals surface area (Å²) in [5.74, 6) is 0. The highest BCUT2D eigenvalue weighted by atomic mass is 16.3. The van der Waals surface area contributed by atoms with E-state index < -0.39 is 24.2 Å². The summed E-state index contributed by atoms with van der Waals surface area (Å²) < 4.78 is 68.0. The molecule has 9 aromatic rings. The fourth-order valence-electron chi connectivity index (χ4n) is 6.48. The van der Waals surface area contributed by atoms with E-state index in [4.69, 9.17) is 11.3 Å². The first kappa shape index (κ1) is 18.0. The van der Waals surface area contributed by atoms with Crippen molar-refractivity contribution in [1.29, 1.82) is 0 Å². The van der Waals surface area contributed by atoms with E-state index in [0.29, 0.717) is 5.56 Å². The number of hydrogen-bond acceptors (Lipinski definition) is 1. The molecule has 0 aliphatic heterocycles. The molecule has 43 heavy (non-hydrogen) atoms. The predicted octanol–water partition coefficient (Wildman–Crippen LogP) is 12.0. The van der Waals surface area contributed by atoms with Crippen LogP contribution in [-0.2, 0) is 0 Å². The van der Waals surface area contributed by atoms with Crippen molar-refractivity contribution in [3.05, 3.63) is 158 Å². The van der Waals surface area contributed by atoms with Crippen LogP contribution in [0.3, 0.4) is 0 Å². The fraction of sp³-hybridized carbons (Fsp3) is 0. The van der Waals surface area contributed by atoms with Gasteiger partial charge in [0.2, 0.25) is 0 Å². The molecule has 0 bridgehead atoms. The van der Waals surface area contributed by atoms with Crippen molar-refractivity contribution in [3.8, 4) is 33.4 Å². The third-order valence-corrected chi connectivity index (χ3v) is 8.31. The molecule has 0 radical (unpaired) electrons. The van der Waals surface area contributed by atoms with E-state index in [1.54, 1.807) is 0 Å².